The molecule has 2 heterocycles. The summed E-state index contributed by atoms with van der Waals surface area (Å²) < 4.78 is 12.4. The van der Waals surface area contributed by atoms with Crippen LogP contribution in [0.3, 0.4) is 0 Å². The third-order valence-corrected chi connectivity index (χ3v) is 2.90. The Labute approximate surface area is 110 Å². The molecule has 106 valence electrons. The second-order valence-electron chi connectivity index (χ2n) is 4.28. The van der Waals surface area contributed by atoms with Crippen LogP contribution in [0.5, 0.6) is 5.88 Å². The lowest BCUT2D eigenvalue weighted by Crippen LogP contribution is -2.20. The van der Waals surface area contributed by atoms with Gasteiger partial charge in [0, 0.05) is 19.6 Å². The first kappa shape index (κ1) is 13.8. The summed E-state index contributed by atoms with van der Waals surface area (Å²) in [7, 11) is 0. The van der Waals surface area contributed by atoms with Crippen LogP contribution >= 0.6 is 0 Å². The molecule has 8 nitrogen and oxygen atoms in total. The lowest BCUT2D eigenvalue weighted by Gasteiger charge is -2.23. The van der Waals surface area contributed by atoms with Crippen LogP contribution in [0.4, 0.5) is 5.69 Å². The highest BCUT2D eigenvalue weighted by molar-refractivity contribution is 5.39. The largest absolute Gasteiger partial charge is 0.473 e. The minimum absolute atomic E-state index is 0.0259. The number of ether oxygens (including phenoxy) is 2. The molecular formula is C11H17N3O5. The number of rotatable bonds is 6. The maximum atomic E-state index is 10.9. The number of aliphatic hydroxyl groups excluding tert-OH is 1. The summed E-state index contributed by atoms with van der Waals surface area (Å²) in [5.41, 5.74) is -0.174. The maximum Gasteiger partial charge on any atom is 0.350 e. The van der Waals surface area contributed by atoms with Crippen molar-refractivity contribution in [2.45, 2.75) is 31.9 Å². The molecule has 0 bridgehead atoms. The van der Waals surface area contributed by atoms with Crippen LogP contribution in [-0.2, 0) is 4.74 Å². The molecule has 0 spiro atoms. The van der Waals surface area contributed by atoms with E-state index in [1.807, 2.05) is 0 Å². The molecule has 1 aromatic rings. The van der Waals surface area contributed by atoms with E-state index in [1.165, 1.54) is 10.9 Å². The van der Waals surface area contributed by atoms with E-state index in [1.54, 1.807) is 0 Å². The predicted octanol–water partition coefficient (Wildman–Crippen LogP) is 1.25. The summed E-state index contributed by atoms with van der Waals surface area (Å²) in [4.78, 5) is 10.4. The molecule has 8 heteroatoms. The van der Waals surface area contributed by atoms with Crippen LogP contribution < -0.4 is 4.74 Å². The number of hydrogen-bond donors (Lipinski definition) is 1. The van der Waals surface area contributed by atoms with Crippen molar-refractivity contribution in [1.29, 1.82) is 0 Å². The SMILES string of the molecule is O=[N+]([O-])c1cnn(C2CCCCO2)c1OCCCO. The van der Waals surface area contributed by atoms with Gasteiger partial charge in [-0.25, -0.2) is 0 Å². The fraction of sp³-hybridized carbons (Fsp3) is 0.727. The number of hydrogen-bond acceptors (Lipinski definition) is 6. The van der Waals surface area contributed by atoms with Gasteiger partial charge in [-0.05, 0) is 19.3 Å². The molecule has 1 fully saturated rings. The Bertz CT molecular complexity index is 428. The maximum absolute atomic E-state index is 10.9. The molecular weight excluding hydrogens is 254 g/mol. The van der Waals surface area contributed by atoms with Crippen LogP contribution in [0, 0.1) is 10.1 Å². The van der Waals surface area contributed by atoms with E-state index in [-0.39, 0.29) is 31.0 Å². The Balaban J connectivity index is 2.18. The minimum atomic E-state index is -0.527. The number of aliphatic hydroxyl groups is 1. The molecule has 0 aliphatic carbocycles. The van der Waals surface area contributed by atoms with Crippen LogP contribution in [-0.4, -0.2) is 39.6 Å². The minimum Gasteiger partial charge on any atom is -0.473 e. The average Bonchev–Trinajstić information content (AvgIpc) is 2.84. The summed E-state index contributed by atoms with van der Waals surface area (Å²) in [6.45, 7) is 0.798. The highest BCUT2D eigenvalue weighted by Crippen LogP contribution is 2.33. The van der Waals surface area contributed by atoms with Gasteiger partial charge < -0.3 is 14.6 Å². The molecule has 1 aromatic heterocycles. The van der Waals surface area contributed by atoms with Gasteiger partial charge in [0.1, 0.15) is 6.20 Å². The Hall–Kier alpha value is -1.67. The summed E-state index contributed by atoms with van der Waals surface area (Å²) in [5, 5.41) is 23.7. The van der Waals surface area contributed by atoms with Crippen molar-refractivity contribution < 1.29 is 19.5 Å². The van der Waals surface area contributed by atoms with Crippen LogP contribution in [0.1, 0.15) is 31.9 Å². The van der Waals surface area contributed by atoms with Gasteiger partial charge in [-0.2, -0.15) is 9.78 Å². The molecule has 2 rings (SSSR count). The van der Waals surface area contributed by atoms with Gasteiger partial charge in [0.25, 0.3) is 5.88 Å². The van der Waals surface area contributed by atoms with Crippen LogP contribution in [0.2, 0.25) is 0 Å². The number of nitrogens with zero attached hydrogens (tertiary/aromatic N) is 3. The van der Waals surface area contributed by atoms with Gasteiger partial charge in [-0.1, -0.05) is 0 Å². The average molecular weight is 271 g/mol. The summed E-state index contributed by atoms with van der Waals surface area (Å²) in [5.74, 6) is 0.102. The van der Waals surface area contributed by atoms with Crippen molar-refractivity contribution in [3.05, 3.63) is 16.3 Å². The molecule has 1 atom stereocenters. The fourth-order valence-electron chi connectivity index (χ4n) is 1.96. The van der Waals surface area contributed by atoms with E-state index >= 15 is 0 Å². The highest BCUT2D eigenvalue weighted by Gasteiger charge is 2.28. The topological polar surface area (TPSA) is 99.7 Å². The standard InChI is InChI=1S/C11H17N3O5/c15-5-3-7-19-11-9(14(16)17)8-12-13(11)10-4-1-2-6-18-10/h8,10,15H,1-7H2. The van der Waals surface area contributed by atoms with E-state index in [9.17, 15) is 10.1 Å². The molecule has 1 unspecified atom stereocenters. The van der Waals surface area contributed by atoms with Gasteiger partial charge in [0.05, 0.1) is 11.5 Å². The molecule has 0 radical (unpaired) electrons. The lowest BCUT2D eigenvalue weighted by atomic mass is 10.2. The monoisotopic (exact) mass is 271 g/mol. The van der Waals surface area contributed by atoms with Crippen molar-refractivity contribution in [1.82, 2.24) is 9.78 Å². The van der Waals surface area contributed by atoms with Crippen LogP contribution in [0.25, 0.3) is 0 Å². The normalized spacial score (nSPS) is 19.3. The summed E-state index contributed by atoms with van der Waals surface area (Å²) >= 11 is 0. The van der Waals surface area contributed by atoms with E-state index in [2.05, 4.69) is 5.10 Å². The molecule has 1 aliphatic heterocycles. The summed E-state index contributed by atoms with van der Waals surface area (Å²) in [6.07, 6.45) is 4.01. The molecule has 19 heavy (non-hydrogen) atoms. The molecule has 0 saturated carbocycles. The second-order valence-corrected chi connectivity index (χ2v) is 4.28. The van der Waals surface area contributed by atoms with Crippen molar-refractivity contribution in [3.63, 3.8) is 0 Å². The molecule has 1 aliphatic rings. The van der Waals surface area contributed by atoms with E-state index < -0.39 is 4.92 Å². The first-order valence-electron chi connectivity index (χ1n) is 6.31. The fourth-order valence-corrected chi connectivity index (χ4v) is 1.96. The number of aromatic nitrogens is 2. The zero-order chi connectivity index (χ0) is 13.7. The van der Waals surface area contributed by atoms with E-state index in [4.69, 9.17) is 14.6 Å². The number of nitro groups is 1. The smallest absolute Gasteiger partial charge is 0.350 e. The van der Waals surface area contributed by atoms with Gasteiger partial charge in [-0.15, -0.1) is 0 Å². The quantitative estimate of drug-likeness (QED) is 0.475. The third kappa shape index (κ3) is 3.21. The lowest BCUT2D eigenvalue weighted by molar-refractivity contribution is -0.386. The molecule has 1 saturated heterocycles. The molecule has 1 N–H and O–H groups in total. The molecule has 0 aromatic carbocycles. The van der Waals surface area contributed by atoms with Crippen molar-refractivity contribution in [2.24, 2.45) is 0 Å². The van der Waals surface area contributed by atoms with Gasteiger partial charge in [0.15, 0.2) is 6.23 Å². The Kier molecular flexibility index (Phi) is 4.69. The molecule has 0 amide bonds. The van der Waals surface area contributed by atoms with Crippen molar-refractivity contribution >= 4 is 5.69 Å². The Morgan fingerprint density at radius 2 is 2.47 bits per heavy atom. The van der Waals surface area contributed by atoms with Gasteiger partial charge >= 0.3 is 5.69 Å². The van der Waals surface area contributed by atoms with Crippen molar-refractivity contribution in [3.8, 4) is 5.88 Å². The van der Waals surface area contributed by atoms with Crippen molar-refractivity contribution in [2.75, 3.05) is 19.8 Å². The van der Waals surface area contributed by atoms with Gasteiger partial charge in [-0.3, -0.25) is 10.1 Å². The third-order valence-electron chi connectivity index (χ3n) is 2.90. The van der Waals surface area contributed by atoms with Crippen LogP contribution in [0.15, 0.2) is 6.20 Å². The van der Waals surface area contributed by atoms with E-state index in [0.29, 0.717) is 13.0 Å². The Morgan fingerprint density at radius 3 is 3.11 bits per heavy atom. The van der Waals surface area contributed by atoms with Gasteiger partial charge in [0.2, 0.25) is 0 Å². The second kappa shape index (κ2) is 6.48. The first-order valence-corrected chi connectivity index (χ1v) is 6.31. The first-order chi connectivity index (χ1) is 9.24. The Morgan fingerprint density at radius 1 is 1.63 bits per heavy atom. The zero-order valence-corrected chi connectivity index (χ0v) is 10.5. The van der Waals surface area contributed by atoms with E-state index in [0.717, 1.165) is 19.3 Å². The zero-order valence-electron chi connectivity index (χ0n) is 10.5. The highest BCUT2D eigenvalue weighted by atomic mass is 16.6. The predicted molar refractivity (Wildman–Crippen MR) is 64.9 cm³/mol. The summed E-state index contributed by atoms with van der Waals surface area (Å²) in [6, 6.07) is 0.